The van der Waals surface area contributed by atoms with Crippen molar-refractivity contribution >= 4 is 12.2 Å². The van der Waals surface area contributed by atoms with Crippen LogP contribution >= 0.6 is 0 Å². The first-order valence-corrected chi connectivity index (χ1v) is 7.08. The fraction of sp³-hybridized carbons (Fsp3) is 0.0476. The summed E-state index contributed by atoms with van der Waals surface area (Å²) in [5, 5.41) is 0. The monoisotopic (exact) mass is 272 g/mol. The van der Waals surface area contributed by atoms with Gasteiger partial charge in [-0.15, -0.1) is 0 Å². The molecule has 104 valence electrons. The van der Waals surface area contributed by atoms with Crippen molar-refractivity contribution in [2.45, 2.75) is 6.42 Å². The van der Waals surface area contributed by atoms with Gasteiger partial charge in [0.15, 0.2) is 0 Å². The first-order valence-electron chi connectivity index (χ1n) is 7.08. The number of benzene rings is 2. The highest BCUT2D eigenvalue weighted by Crippen LogP contribution is 2.13. The van der Waals surface area contributed by atoms with Crippen LogP contribution in [-0.4, -0.2) is 0 Å². The Labute approximate surface area is 127 Å². The van der Waals surface area contributed by atoms with Crippen molar-refractivity contribution < 1.29 is 0 Å². The van der Waals surface area contributed by atoms with E-state index in [2.05, 4.69) is 73.8 Å². The molecule has 0 heterocycles. The van der Waals surface area contributed by atoms with Gasteiger partial charge in [0.05, 0.1) is 0 Å². The van der Waals surface area contributed by atoms with E-state index in [4.69, 9.17) is 0 Å². The number of hydrogen-bond donors (Lipinski definition) is 0. The lowest BCUT2D eigenvalue weighted by atomic mass is 10.0. The lowest BCUT2D eigenvalue weighted by molar-refractivity contribution is 1.19. The second-order valence-corrected chi connectivity index (χ2v) is 4.85. The fourth-order valence-electron chi connectivity index (χ4n) is 2.09. The van der Waals surface area contributed by atoms with Gasteiger partial charge in [-0.05, 0) is 28.7 Å². The maximum atomic E-state index is 3.68. The standard InChI is InChI=1S/C21H20/c1-3-5-7-18-9-13-20(14-10-18)17-21-15-11-19(12-16-21)8-6-4-2/h3-16H,1-2,17H2/b7-5-,8-6-. The average Bonchev–Trinajstić information content (AvgIpc) is 2.53. The van der Waals surface area contributed by atoms with Gasteiger partial charge in [0.2, 0.25) is 0 Å². The minimum Gasteiger partial charge on any atom is -0.0991 e. The highest BCUT2D eigenvalue weighted by molar-refractivity contribution is 5.53. The molecular weight excluding hydrogens is 252 g/mol. The van der Waals surface area contributed by atoms with Crippen LogP contribution in [0.4, 0.5) is 0 Å². The largest absolute Gasteiger partial charge is 0.0991 e. The molecule has 0 fully saturated rings. The van der Waals surface area contributed by atoms with E-state index in [-0.39, 0.29) is 0 Å². The molecule has 0 aromatic heterocycles. The third-order valence-corrected chi connectivity index (χ3v) is 3.22. The molecule has 0 aliphatic carbocycles. The zero-order chi connectivity index (χ0) is 14.9. The van der Waals surface area contributed by atoms with E-state index in [1.54, 1.807) is 12.2 Å². The van der Waals surface area contributed by atoms with Crippen molar-refractivity contribution in [1.82, 2.24) is 0 Å². The van der Waals surface area contributed by atoms with Crippen molar-refractivity contribution in [3.05, 3.63) is 108 Å². The van der Waals surface area contributed by atoms with Gasteiger partial charge in [-0.3, -0.25) is 0 Å². The molecule has 0 spiro atoms. The maximum absolute atomic E-state index is 3.68. The SMILES string of the molecule is C=C/C=C\c1ccc(Cc2ccc(/C=C\C=C)cc2)cc1. The Hall–Kier alpha value is -2.60. The summed E-state index contributed by atoms with van der Waals surface area (Å²) in [6, 6.07) is 17.2. The summed E-state index contributed by atoms with van der Waals surface area (Å²) >= 11 is 0. The van der Waals surface area contributed by atoms with E-state index in [1.165, 1.54) is 22.3 Å². The Morgan fingerprint density at radius 3 is 1.33 bits per heavy atom. The molecule has 0 aliphatic heterocycles. The van der Waals surface area contributed by atoms with Gasteiger partial charge < -0.3 is 0 Å². The highest BCUT2D eigenvalue weighted by atomic mass is 14.0. The molecule has 2 rings (SSSR count). The van der Waals surface area contributed by atoms with E-state index in [0.717, 1.165) is 6.42 Å². The molecule has 0 radical (unpaired) electrons. The van der Waals surface area contributed by atoms with E-state index in [1.807, 2.05) is 12.2 Å². The summed E-state index contributed by atoms with van der Waals surface area (Å²) < 4.78 is 0. The molecule has 0 heteroatoms. The van der Waals surface area contributed by atoms with Gasteiger partial charge in [-0.2, -0.15) is 0 Å². The summed E-state index contributed by atoms with van der Waals surface area (Å²) in [7, 11) is 0. The van der Waals surface area contributed by atoms with Gasteiger partial charge in [0.25, 0.3) is 0 Å². The maximum Gasteiger partial charge on any atom is -0.00258 e. The second-order valence-electron chi connectivity index (χ2n) is 4.85. The zero-order valence-corrected chi connectivity index (χ0v) is 12.2. The van der Waals surface area contributed by atoms with Crippen LogP contribution in [0.15, 0.2) is 86.0 Å². The van der Waals surface area contributed by atoms with Crippen LogP contribution in [0.3, 0.4) is 0 Å². The van der Waals surface area contributed by atoms with Crippen molar-refractivity contribution in [3.8, 4) is 0 Å². The first-order chi connectivity index (χ1) is 10.3. The van der Waals surface area contributed by atoms with E-state index in [9.17, 15) is 0 Å². The van der Waals surface area contributed by atoms with E-state index >= 15 is 0 Å². The molecule has 21 heavy (non-hydrogen) atoms. The van der Waals surface area contributed by atoms with Gasteiger partial charge in [-0.25, -0.2) is 0 Å². The topological polar surface area (TPSA) is 0 Å². The van der Waals surface area contributed by atoms with Crippen molar-refractivity contribution in [2.24, 2.45) is 0 Å². The van der Waals surface area contributed by atoms with Gasteiger partial charge in [-0.1, -0.05) is 98.1 Å². The summed E-state index contributed by atoms with van der Waals surface area (Å²) in [5.74, 6) is 0. The van der Waals surface area contributed by atoms with Crippen molar-refractivity contribution in [2.75, 3.05) is 0 Å². The summed E-state index contributed by atoms with van der Waals surface area (Å²) in [6.07, 6.45) is 12.5. The molecule has 0 nitrogen and oxygen atoms in total. The Balaban J connectivity index is 2.04. The molecule has 0 bridgehead atoms. The van der Waals surface area contributed by atoms with Crippen LogP contribution in [0, 0.1) is 0 Å². The molecule has 0 unspecified atom stereocenters. The summed E-state index contributed by atoms with van der Waals surface area (Å²) in [5.41, 5.74) is 5.03. The number of allylic oxidation sites excluding steroid dienone is 4. The predicted molar refractivity (Wildman–Crippen MR) is 94.2 cm³/mol. The van der Waals surface area contributed by atoms with Crippen LogP contribution in [0.5, 0.6) is 0 Å². The van der Waals surface area contributed by atoms with Crippen LogP contribution in [0.2, 0.25) is 0 Å². The normalized spacial score (nSPS) is 11.0. The van der Waals surface area contributed by atoms with Crippen molar-refractivity contribution in [3.63, 3.8) is 0 Å². The first kappa shape index (κ1) is 14.8. The third kappa shape index (κ3) is 4.77. The van der Waals surface area contributed by atoms with Crippen LogP contribution in [0.1, 0.15) is 22.3 Å². The fourth-order valence-corrected chi connectivity index (χ4v) is 2.09. The van der Waals surface area contributed by atoms with Crippen LogP contribution in [-0.2, 0) is 6.42 Å². The molecule has 0 N–H and O–H groups in total. The minimum atomic E-state index is 0.955. The molecular formula is C21H20. The second kappa shape index (κ2) is 7.86. The zero-order valence-electron chi connectivity index (χ0n) is 12.2. The smallest absolute Gasteiger partial charge is 0.00258 e. The van der Waals surface area contributed by atoms with Crippen molar-refractivity contribution in [1.29, 1.82) is 0 Å². The Bertz CT molecular complexity index is 578. The summed E-state index contributed by atoms with van der Waals surface area (Å²) in [4.78, 5) is 0. The van der Waals surface area contributed by atoms with Gasteiger partial charge in [0, 0.05) is 0 Å². The number of hydrogen-bond acceptors (Lipinski definition) is 0. The lowest BCUT2D eigenvalue weighted by Gasteiger charge is -2.03. The highest BCUT2D eigenvalue weighted by Gasteiger charge is 1.96. The third-order valence-electron chi connectivity index (χ3n) is 3.22. The lowest BCUT2D eigenvalue weighted by Crippen LogP contribution is -1.88. The average molecular weight is 272 g/mol. The minimum absolute atomic E-state index is 0.955. The van der Waals surface area contributed by atoms with Crippen LogP contribution in [0.25, 0.3) is 12.2 Å². The van der Waals surface area contributed by atoms with Gasteiger partial charge in [0.1, 0.15) is 0 Å². The quantitative estimate of drug-likeness (QED) is 0.594. The van der Waals surface area contributed by atoms with Gasteiger partial charge >= 0.3 is 0 Å². The number of rotatable bonds is 6. The van der Waals surface area contributed by atoms with E-state index in [0.29, 0.717) is 0 Å². The Morgan fingerprint density at radius 2 is 1.00 bits per heavy atom. The van der Waals surface area contributed by atoms with Crippen LogP contribution < -0.4 is 0 Å². The molecule has 0 aliphatic rings. The predicted octanol–water partition coefficient (Wildman–Crippen LogP) is 5.68. The molecule has 0 saturated heterocycles. The summed E-state index contributed by atoms with van der Waals surface area (Å²) in [6.45, 7) is 7.36. The molecule has 0 atom stereocenters. The molecule has 2 aromatic carbocycles. The van der Waals surface area contributed by atoms with E-state index < -0.39 is 0 Å². The molecule has 0 amide bonds. The Morgan fingerprint density at radius 1 is 0.619 bits per heavy atom. The molecule has 0 saturated carbocycles. The Kier molecular flexibility index (Phi) is 5.54. The molecule has 2 aromatic rings.